The smallest absolute Gasteiger partial charge is 0 e. The molecule has 10 heavy (non-hydrogen) atoms. The van der Waals surface area contributed by atoms with Crippen LogP contribution < -0.4 is 0 Å². The van der Waals surface area contributed by atoms with Gasteiger partial charge in [-0.15, -0.1) is 0 Å². The first-order valence-corrected chi connectivity index (χ1v) is 1.86. The zero-order chi connectivity index (χ0) is 7.15. The van der Waals surface area contributed by atoms with Gasteiger partial charge in [-0.3, -0.25) is 9.59 Å². The molecule has 0 aliphatic rings. The number of aliphatic carboxylic acids is 2. The van der Waals surface area contributed by atoms with Gasteiger partial charge in [-0.25, -0.2) is 0 Å². The predicted molar refractivity (Wildman–Crippen MR) is 33.8 cm³/mol. The number of hydrogen-bond donors (Lipinski definition) is 2. The fourth-order valence-corrected chi connectivity index (χ4v) is 0. The molecule has 0 aliphatic carbocycles. The Balaban J connectivity index is -0.0000000300. The van der Waals surface area contributed by atoms with Crippen LogP contribution in [0.25, 0.3) is 0 Å². The zero-order valence-electron chi connectivity index (χ0n) is 5.09. The quantitative estimate of drug-likeness (QED) is 0.498. The topological polar surface area (TPSA) is 74.6 Å². The van der Waals surface area contributed by atoms with Crippen molar-refractivity contribution in [3.05, 3.63) is 0 Å². The Hall–Kier alpha value is 0.0569. The third kappa shape index (κ3) is 124000. The van der Waals surface area contributed by atoms with E-state index in [1.54, 1.807) is 0 Å². The van der Waals surface area contributed by atoms with Crippen molar-refractivity contribution < 1.29 is 36.9 Å². The van der Waals surface area contributed by atoms with E-state index in [1.807, 2.05) is 0 Å². The van der Waals surface area contributed by atoms with Crippen LogP contribution in [0.2, 0.25) is 0 Å². The van der Waals surface area contributed by atoms with Gasteiger partial charge in [-0.05, 0) is 0 Å². The number of carboxylic acid groups (broad SMARTS) is 2. The second-order valence-electron chi connectivity index (χ2n) is 1.04. The first kappa shape index (κ1) is 22.5. The molecular weight excluding hydrogens is 174 g/mol. The number of carboxylic acids is 2. The van der Waals surface area contributed by atoms with Crippen LogP contribution in [0.4, 0.5) is 0 Å². The summed E-state index contributed by atoms with van der Waals surface area (Å²) in [5.74, 6) is -1.67. The Labute approximate surface area is 81.6 Å². The number of carbonyl (C=O) groups is 2. The molecule has 0 heterocycles. The molecular formula is C4H9LiMnO4. The van der Waals surface area contributed by atoms with Gasteiger partial charge in [0.15, 0.2) is 0 Å². The summed E-state index contributed by atoms with van der Waals surface area (Å²) in [7, 11) is 0. The minimum atomic E-state index is -0.833. The average Bonchev–Trinajstić information content (AvgIpc) is 1.25. The summed E-state index contributed by atoms with van der Waals surface area (Å²) in [6.07, 6.45) is 0. The van der Waals surface area contributed by atoms with E-state index < -0.39 is 11.9 Å². The zero-order valence-corrected chi connectivity index (χ0v) is 6.27. The van der Waals surface area contributed by atoms with Crippen LogP contribution in [0.3, 0.4) is 0 Å². The van der Waals surface area contributed by atoms with Gasteiger partial charge in [-0.1, -0.05) is 0 Å². The van der Waals surface area contributed by atoms with E-state index >= 15 is 0 Å². The maximum absolute atomic E-state index is 9.00. The molecule has 0 atom stereocenters. The van der Waals surface area contributed by atoms with E-state index in [0.717, 1.165) is 13.8 Å². The van der Waals surface area contributed by atoms with Gasteiger partial charge >= 0.3 is 18.9 Å². The van der Waals surface area contributed by atoms with Crippen molar-refractivity contribution in [1.82, 2.24) is 0 Å². The van der Waals surface area contributed by atoms with Gasteiger partial charge in [-0.2, -0.15) is 0 Å². The molecule has 0 aliphatic heterocycles. The second-order valence-corrected chi connectivity index (χ2v) is 1.04. The summed E-state index contributed by atoms with van der Waals surface area (Å²) in [6.45, 7) is 2.17. The summed E-state index contributed by atoms with van der Waals surface area (Å²) in [5, 5.41) is 14.8. The molecule has 0 bridgehead atoms. The largest absolute Gasteiger partial charge is 0 e. The minimum absolute atomic E-state index is 0. The van der Waals surface area contributed by atoms with Crippen LogP contribution in [-0.2, 0) is 26.7 Å². The van der Waals surface area contributed by atoms with Crippen LogP contribution in [0, 0.1) is 0 Å². The molecule has 0 fully saturated rings. The van der Waals surface area contributed by atoms with Gasteiger partial charge in [0, 0.05) is 30.9 Å². The maximum Gasteiger partial charge on any atom is 0 e. The molecule has 2 N–H and O–H groups in total. The molecule has 1 radical (unpaired) electrons. The van der Waals surface area contributed by atoms with E-state index in [-0.39, 0.29) is 35.9 Å². The van der Waals surface area contributed by atoms with Gasteiger partial charge < -0.3 is 10.2 Å². The molecule has 0 aromatic heterocycles. The summed E-state index contributed by atoms with van der Waals surface area (Å²) < 4.78 is 0. The molecule has 0 aromatic rings. The SMILES string of the molecule is CC(=O)O.CC(=O)O.[LiH].[Mn]. The Morgan fingerprint density at radius 1 is 1.00 bits per heavy atom. The average molecular weight is 183 g/mol. The molecule has 4 nitrogen and oxygen atoms in total. The summed E-state index contributed by atoms with van der Waals surface area (Å²) >= 11 is 0. The Kier molecular flexibility index (Phi) is 36.0. The third-order valence-electron chi connectivity index (χ3n) is 0. The molecule has 0 saturated heterocycles. The number of hydrogen-bond acceptors (Lipinski definition) is 2. The van der Waals surface area contributed by atoms with Gasteiger partial charge in [0.2, 0.25) is 0 Å². The van der Waals surface area contributed by atoms with Crippen LogP contribution in [-0.4, -0.2) is 41.0 Å². The second kappa shape index (κ2) is 16.0. The number of rotatable bonds is 0. The van der Waals surface area contributed by atoms with Crippen molar-refractivity contribution in [3.8, 4) is 0 Å². The van der Waals surface area contributed by atoms with E-state index in [9.17, 15) is 0 Å². The monoisotopic (exact) mass is 183 g/mol. The fourth-order valence-electron chi connectivity index (χ4n) is 0. The molecule has 6 heteroatoms. The first-order valence-electron chi connectivity index (χ1n) is 1.86. The van der Waals surface area contributed by atoms with Crippen molar-refractivity contribution in [2.75, 3.05) is 0 Å². The Bertz CT molecular complexity index is 75.3. The summed E-state index contributed by atoms with van der Waals surface area (Å²) in [5.41, 5.74) is 0. The molecule has 0 unspecified atom stereocenters. The van der Waals surface area contributed by atoms with Crippen molar-refractivity contribution >= 4 is 30.8 Å². The standard InChI is InChI=1S/2C2H4O2.Li.Mn.H/c2*1-2(3)4;;;/h2*1H3,(H,3,4);;;. The van der Waals surface area contributed by atoms with Crippen LogP contribution in [0.1, 0.15) is 13.8 Å². The van der Waals surface area contributed by atoms with E-state index in [2.05, 4.69) is 0 Å². The molecule has 0 rings (SSSR count). The summed E-state index contributed by atoms with van der Waals surface area (Å²) in [6, 6.07) is 0. The van der Waals surface area contributed by atoms with Crippen LogP contribution in [0.15, 0.2) is 0 Å². The molecule has 0 aromatic carbocycles. The predicted octanol–water partition coefficient (Wildman–Crippen LogP) is -0.469. The van der Waals surface area contributed by atoms with E-state index in [4.69, 9.17) is 19.8 Å². The van der Waals surface area contributed by atoms with E-state index in [0.29, 0.717) is 0 Å². The normalized spacial score (nSPS) is 5.00. The third-order valence-corrected chi connectivity index (χ3v) is 0. The van der Waals surface area contributed by atoms with Crippen molar-refractivity contribution in [2.24, 2.45) is 0 Å². The van der Waals surface area contributed by atoms with Gasteiger partial charge in [0.05, 0.1) is 0 Å². The van der Waals surface area contributed by atoms with Gasteiger partial charge in [0.1, 0.15) is 0 Å². The molecule has 57 valence electrons. The van der Waals surface area contributed by atoms with Crippen molar-refractivity contribution in [1.29, 1.82) is 0 Å². The minimum Gasteiger partial charge on any atom is 0 e. The fraction of sp³-hybridized carbons (Fsp3) is 0.500. The molecule has 0 saturated carbocycles. The summed E-state index contributed by atoms with van der Waals surface area (Å²) in [4.78, 5) is 18.0. The van der Waals surface area contributed by atoms with Gasteiger partial charge in [0.25, 0.3) is 11.9 Å². The molecule has 0 spiro atoms. The van der Waals surface area contributed by atoms with Crippen molar-refractivity contribution in [2.45, 2.75) is 13.8 Å². The molecule has 0 amide bonds. The van der Waals surface area contributed by atoms with Crippen LogP contribution in [0.5, 0.6) is 0 Å². The maximum atomic E-state index is 9.00. The Morgan fingerprint density at radius 2 is 1.00 bits per heavy atom. The van der Waals surface area contributed by atoms with Crippen molar-refractivity contribution in [3.63, 3.8) is 0 Å². The van der Waals surface area contributed by atoms with Crippen LogP contribution >= 0.6 is 0 Å². The van der Waals surface area contributed by atoms with E-state index in [1.165, 1.54) is 0 Å². The Morgan fingerprint density at radius 3 is 1.00 bits per heavy atom. The first-order chi connectivity index (χ1) is 3.46.